The molecule has 0 aromatic heterocycles. The van der Waals surface area contributed by atoms with Crippen LogP contribution in [0.25, 0.3) is 0 Å². The number of fused-ring (bicyclic) bond motifs is 5. The molecule has 2 nitrogen and oxygen atoms in total. The highest BCUT2D eigenvalue weighted by molar-refractivity contribution is 5.66. The summed E-state index contributed by atoms with van der Waals surface area (Å²) in [4.78, 5) is 11.4. The summed E-state index contributed by atoms with van der Waals surface area (Å²) in [5.41, 5.74) is 6.85. The number of hydrogen-bond acceptors (Lipinski definition) is 2. The first-order valence-corrected chi connectivity index (χ1v) is 13.0. The van der Waals surface area contributed by atoms with E-state index in [0.29, 0.717) is 5.41 Å². The van der Waals surface area contributed by atoms with Crippen LogP contribution in [0.3, 0.4) is 0 Å². The van der Waals surface area contributed by atoms with E-state index in [1.54, 1.807) is 16.7 Å². The van der Waals surface area contributed by atoms with Gasteiger partial charge in [-0.15, -0.1) is 0 Å². The molecule has 3 aliphatic rings. The number of ether oxygens (including phenoxy) is 1. The fourth-order valence-corrected chi connectivity index (χ4v) is 7.40. The van der Waals surface area contributed by atoms with Gasteiger partial charge in [-0.25, -0.2) is 0 Å². The molecule has 0 heterocycles. The van der Waals surface area contributed by atoms with Gasteiger partial charge in [-0.1, -0.05) is 59.6 Å². The van der Waals surface area contributed by atoms with Gasteiger partial charge in [0.15, 0.2) is 0 Å². The Kier molecular flexibility index (Phi) is 6.57. The highest BCUT2D eigenvalue weighted by atomic mass is 16.5. The van der Waals surface area contributed by atoms with Crippen molar-refractivity contribution in [3.63, 3.8) is 0 Å². The second-order valence-corrected chi connectivity index (χ2v) is 11.8. The van der Waals surface area contributed by atoms with Crippen molar-refractivity contribution in [3.05, 3.63) is 34.4 Å². The third-order valence-corrected chi connectivity index (χ3v) is 9.66. The lowest BCUT2D eigenvalue weighted by atomic mass is 9.59. The Morgan fingerprint density at radius 1 is 1.06 bits per heavy atom. The molecule has 0 unspecified atom stereocenters. The molecule has 0 spiro atoms. The van der Waals surface area contributed by atoms with Crippen LogP contribution in [0.1, 0.15) is 108 Å². The molecule has 31 heavy (non-hydrogen) atoms. The van der Waals surface area contributed by atoms with Crippen LogP contribution in [0.4, 0.5) is 0 Å². The van der Waals surface area contributed by atoms with Crippen LogP contribution in [0, 0.1) is 29.1 Å². The van der Waals surface area contributed by atoms with Crippen molar-refractivity contribution in [2.45, 2.75) is 111 Å². The van der Waals surface area contributed by atoms with Gasteiger partial charge in [0.05, 0.1) is 0 Å². The quantitative estimate of drug-likeness (QED) is 0.449. The topological polar surface area (TPSA) is 26.3 Å². The molecule has 1 aromatic carbocycles. The lowest BCUT2D eigenvalue weighted by molar-refractivity contribution is -0.146. The minimum absolute atomic E-state index is 0.0712. The minimum Gasteiger partial charge on any atom is -0.462 e. The Morgan fingerprint density at radius 3 is 2.55 bits per heavy atom. The second-order valence-electron chi connectivity index (χ2n) is 11.8. The molecule has 0 radical (unpaired) electrons. The van der Waals surface area contributed by atoms with Crippen molar-refractivity contribution >= 4 is 5.97 Å². The summed E-state index contributed by atoms with van der Waals surface area (Å²) in [6, 6.07) is 4.83. The van der Waals surface area contributed by atoms with Gasteiger partial charge in [0, 0.05) is 13.3 Å². The van der Waals surface area contributed by atoms with E-state index in [1.165, 1.54) is 51.0 Å². The third kappa shape index (κ3) is 4.33. The van der Waals surface area contributed by atoms with Gasteiger partial charge < -0.3 is 4.74 Å². The summed E-state index contributed by atoms with van der Waals surface area (Å²) < 4.78 is 5.53. The standard InChI is InChI=1S/C29H44O2/c1-18(2)19(3)7-8-20(4)27-13-14-28-26-11-9-22-17-23(31-21(5)30)10-12-24(22)25(26)15-16-29(27,28)6/h9,11,18-20,23,27-28H,7-8,10,12-17H2,1-6H3/t19-,20+,23+,27-,28-,29-/m0/s1. The molecular formula is C29H44O2. The Morgan fingerprint density at radius 2 is 1.84 bits per heavy atom. The number of rotatable bonds is 6. The van der Waals surface area contributed by atoms with Crippen molar-refractivity contribution in [1.29, 1.82) is 0 Å². The summed E-state index contributed by atoms with van der Waals surface area (Å²) in [5, 5.41) is 0. The van der Waals surface area contributed by atoms with Crippen molar-refractivity contribution in [2.75, 3.05) is 0 Å². The number of benzene rings is 1. The van der Waals surface area contributed by atoms with Crippen molar-refractivity contribution < 1.29 is 9.53 Å². The van der Waals surface area contributed by atoms with Gasteiger partial charge in [0.2, 0.25) is 0 Å². The zero-order valence-electron chi connectivity index (χ0n) is 20.8. The first kappa shape index (κ1) is 22.9. The summed E-state index contributed by atoms with van der Waals surface area (Å²) in [7, 11) is 0. The highest BCUT2D eigenvalue weighted by Crippen LogP contribution is 2.61. The molecule has 0 amide bonds. The van der Waals surface area contributed by atoms with Gasteiger partial charge >= 0.3 is 5.97 Å². The van der Waals surface area contributed by atoms with Crippen LogP contribution in [0.2, 0.25) is 0 Å². The lowest BCUT2D eigenvalue weighted by Gasteiger charge is -2.45. The number of esters is 1. The van der Waals surface area contributed by atoms with Crippen molar-refractivity contribution in [3.8, 4) is 0 Å². The average Bonchev–Trinajstić information content (AvgIpc) is 3.08. The fraction of sp³-hybridized carbons (Fsp3) is 0.759. The van der Waals surface area contributed by atoms with Gasteiger partial charge in [0.1, 0.15) is 6.10 Å². The maximum atomic E-state index is 11.4. The Hall–Kier alpha value is -1.31. The molecule has 0 N–H and O–H groups in total. The number of hydrogen-bond donors (Lipinski definition) is 0. The van der Waals surface area contributed by atoms with Gasteiger partial charge in [-0.3, -0.25) is 4.79 Å². The molecule has 6 atom stereocenters. The number of carbonyl (C=O) groups is 1. The van der Waals surface area contributed by atoms with Crippen molar-refractivity contribution in [2.24, 2.45) is 29.1 Å². The predicted octanol–water partition coefficient (Wildman–Crippen LogP) is 7.26. The zero-order valence-corrected chi connectivity index (χ0v) is 20.8. The first-order valence-electron chi connectivity index (χ1n) is 13.0. The van der Waals surface area contributed by atoms with Crippen molar-refractivity contribution in [1.82, 2.24) is 0 Å². The molecule has 4 rings (SSSR count). The molecule has 3 aliphatic carbocycles. The number of carbonyl (C=O) groups excluding carboxylic acids is 1. The molecule has 172 valence electrons. The third-order valence-electron chi connectivity index (χ3n) is 9.66. The normalized spacial score (nSPS) is 31.5. The summed E-state index contributed by atoms with van der Waals surface area (Å²) >= 11 is 0. The van der Waals surface area contributed by atoms with E-state index in [0.717, 1.165) is 48.9 Å². The molecule has 1 saturated carbocycles. The molecular weight excluding hydrogens is 380 g/mol. The van der Waals surface area contributed by atoms with E-state index in [4.69, 9.17) is 4.74 Å². The van der Waals surface area contributed by atoms with Crippen LogP contribution in [0.15, 0.2) is 12.1 Å². The second kappa shape index (κ2) is 8.91. The molecule has 2 heteroatoms. The smallest absolute Gasteiger partial charge is 0.302 e. The predicted molar refractivity (Wildman–Crippen MR) is 128 cm³/mol. The van der Waals surface area contributed by atoms with E-state index in [-0.39, 0.29) is 12.1 Å². The largest absolute Gasteiger partial charge is 0.462 e. The monoisotopic (exact) mass is 424 g/mol. The summed E-state index contributed by atoms with van der Waals surface area (Å²) in [6.45, 7) is 13.9. The Balaban J connectivity index is 1.51. The van der Waals surface area contributed by atoms with Crippen LogP contribution < -0.4 is 0 Å². The van der Waals surface area contributed by atoms with Gasteiger partial charge in [-0.05, 0) is 95.8 Å². The summed E-state index contributed by atoms with van der Waals surface area (Å²) in [5.74, 6) is 3.93. The fourth-order valence-electron chi connectivity index (χ4n) is 7.40. The van der Waals surface area contributed by atoms with Crippen LogP contribution in [-0.4, -0.2) is 12.1 Å². The van der Waals surface area contributed by atoms with Crippen LogP contribution >= 0.6 is 0 Å². The molecule has 0 aliphatic heterocycles. The Labute approximate surface area is 190 Å². The van der Waals surface area contributed by atoms with E-state index in [1.807, 2.05) is 0 Å². The van der Waals surface area contributed by atoms with E-state index < -0.39 is 0 Å². The lowest BCUT2D eigenvalue weighted by Crippen LogP contribution is -2.36. The summed E-state index contributed by atoms with van der Waals surface area (Å²) in [6.07, 6.45) is 11.2. The molecule has 0 bridgehead atoms. The van der Waals surface area contributed by atoms with Crippen LogP contribution in [0.5, 0.6) is 0 Å². The maximum absolute atomic E-state index is 11.4. The SMILES string of the molecule is CC(=O)O[C@@H]1CCc2c(ccc3c2CC[C@]2(C)[C@H]3CC[C@H]2[C@H](C)CC[C@H](C)C(C)C)C1. The van der Waals surface area contributed by atoms with Gasteiger partial charge in [0.25, 0.3) is 0 Å². The maximum Gasteiger partial charge on any atom is 0.302 e. The molecule has 1 fully saturated rings. The van der Waals surface area contributed by atoms with Crippen LogP contribution in [-0.2, 0) is 28.8 Å². The average molecular weight is 425 g/mol. The Bertz CT molecular complexity index is 809. The highest BCUT2D eigenvalue weighted by Gasteiger charge is 2.51. The minimum atomic E-state index is -0.143. The van der Waals surface area contributed by atoms with E-state index in [2.05, 4.69) is 46.8 Å². The first-order chi connectivity index (χ1) is 14.7. The zero-order chi connectivity index (χ0) is 22.3. The molecule has 0 saturated heterocycles. The van der Waals surface area contributed by atoms with E-state index >= 15 is 0 Å². The molecule has 1 aromatic rings. The van der Waals surface area contributed by atoms with Gasteiger partial charge in [-0.2, -0.15) is 0 Å². The van der Waals surface area contributed by atoms with E-state index in [9.17, 15) is 4.79 Å².